The van der Waals surface area contributed by atoms with E-state index in [-0.39, 0.29) is 10.8 Å². The summed E-state index contributed by atoms with van der Waals surface area (Å²) >= 11 is 0. The zero-order chi connectivity index (χ0) is 21.3. The van der Waals surface area contributed by atoms with Crippen LogP contribution >= 0.6 is 0 Å². The standard InChI is InChI=1S/C21H23FN4O3S/c22-15-3-5-16(6-4-15)30(28,29)26-12-18-17(19(18)13-26)9-10-24-21(27)8-2-14-1-7-20(23)25-11-14/h1-8,11,17-19H,9-10,12-13H2,(H2,23,25)(H,24,27)/b8-2+. The Balaban J connectivity index is 1.21. The highest BCUT2D eigenvalue weighted by Gasteiger charge is 2.57. The van der Waals surface area contributed by atoms with Crippen LogP contribution in [0.4, 0.5) is 10.2 Å². The topological polar surface area (TPSA) is 105 Å². The number of carbonyl (C=O) groups excluding carboxylic acids is 1. The fourth-order valence-corrected chi connectivity index (χ4v) is 5.61. The molecule has 2 aliphatic rings. The Labute approximate surface area is 174 Å². The lowest BCUT2D eigenvalue weighted by Crippen LogP contribution is -2.32. The first kappa shape index (κ1) is 20.5. The number of hydrogen-bond donors (Lipinski definition) is 2. The lowest BCUT2D eigenvalue weighted by molar-refractivity contribution is -0.116. The fourth-order valence-electron chi connectivity index (χ4n) is 4.10. The summed E-state index contributed by atoms with van der Waals surface area (Å²) in [6, 6.07) is 8.37. The van der Waals surface area contributed by atoms with Gasteiger partial charge < -0.3 is 11.1 Å². The van der Waals surface area contributed by atoms with Crippen LogP contribution in [-0.2, 0) is 14.8 Å². The minimum Gasteiger partial charge on any atom is -0.384 e. The van der Waals surface area contributed by atoms with E-state index in [0.29, 0.717) is 43.2 Å². The monoisotopic (exact) mass is 430 g/mol. The number of nitrogens with zero attached hydrogens (tertiary/aromatic N) is 2. The highest BCUT2D eigenvalue weighted by atomic mass is 32.2. The first-order valence-electron chi connectivity index (χ1n) is 9.78. The summed E-state index contributed by atoms with van der Waals surface area (Å²) in [6.07, 6.45) is 5.54. The maximum atomic E-state index is 13.0. The Kier molecular flexibility index (Phi) is 5.57. The highest BCUT2D eigenvalue weighted by molar-refractivity contribution is 7.89. The van der Waals surface area contributed by atoms with Gasteiger partial charge in [0.25, 0.3) is 0 Å². The van der Waals surface area contributed by atoms with Gasteiger partial charge in [-0.05, 0) is 72.2 Å². The van der Waals surface area contributed by atoms with Crippen molar-refractivity contribution in [1.82, 2.24) is 14.6 Å². The van der Waals surface area contributed by atoms with Crippen LogP contribution in [0.5, 0.6) is 0 Å². The quantitative estimate of drug-likeness (QED) is 0.653. The van der Waals surface area contributed by atoms with Gasteiger partial charge in [0.1, 0.15) is 11.6 Å². The van der Waals surface area contributed by atoms with E-state index in [9.17, 15) is 17.6 Å². The molecule has 1 aliphatic heterocycles. The number of nitrogens with two attached hydrogens (primary N) is 1. The molecule has 158 valence electrons. The van der Waals surface area contributed by atoms with Crippen molar-refractivity contribution in [2.75, 3.05) is 25.4 Å². The first-order valence-corrected chi connectivity index (χ1v) is 11.2. The number of pyridine rings is 1. The van der Waals surface area contributed by atoms with Crippen molar-refractivity contribution >= 4 is 27.8 Å². The number of amides is 1. The lowest BCUT2D eigenvalue weighted by Gasteiger charge is -2.19. The van der Waals surface area contributed by atoms with E-state index in [1.165, 1.54) is 22.5 Å². The predicted octanol–water partition coefficient (Wildman–Crippen LogP) is 1.89. The van der Waals surface area contributed by atoms with Crippen LogP contribution < -0.4 is 11.1 Å². The first-order chi connectivity index (χ1) is 14.3. The zero-order valence-electron chi connectivity index (χ0n) is 16.2. The number of nitrogens with one attached hydrogen (secondary N) is 1. The van der Waals surface area contributed by atoms with Gasteiger partial charge in [-0.15, -0.1) is 0 Å². The molecule has 2 aromatic rings. The van der Waals surface area contributed by atoms with Crippen LogP contribution in [0.3, 0.4) is 0 Å². The summed E-state index contributed by atoms with van der Waals surface area (Å²) in [5.74, 6) is 0.867. The van der Waals surface area contributed by atoms with Crippen LogP contribution in [0.25, 0.3) is 6.08 Å². The maximum absolute atomic E-state index is 13.0. The van der Waals surface area contributed by atoms with E-state index < -0.39 is 15.8 Å². The predicted molar refractivity (Wildman–Crippen MR) is 111 cm³/mol. The van der Waals surface area contributed by atoms with Gasteiger partial charge in [0.2, 0.25) is 15.9 Å². The molecule has 2 fully saturated rings. The number of anilines is 1. The lowest BCUT2D eigenvalue weighted by atomic mass is 10.2. The van der Waals surface area contributed by atoms with Gasteiger partial charge in [0.15, 0.2) is 0 Å². The van der Waals surface area contributed by atoms with Crippen LogP contribution in [-0.4, -0.2) is 43.2 Å². The summed E-state index contributed by atoms with van der Waals surface area (Å²) in [4.78, 5) is 16.0. The van der Waals surface area contributed by atoms with Gasteiger partial charge in [-0.25, -0.2) is 17.8 Å². The average Bonchev–Trinajstić information content (AvgIpc) is 3.16. The second kappa shape index (κ2) is 8.16. The summed E-state index contributed by atoms with van der Waals surface area (Å²) in [5, 5.41) is 2.86. The Morgan fingerprint density at radius 2 is 1.90 bits per heavy atom. The van der Waals surface area contributed by atoms with E-state index in [0.717, 1.165) is 24.1 Å². The number of aromatic nitrogens is 1. The molecule has 7 nitrogen and oxygen atoms in total. The minimum absolute atomic E-state index is 0.122. The molecule has 1 aromatic carbocycles. The molecule has 30 heavy (non-hydrogen) atoms. The molecule has 2 unspecified atom stereocenters. The summed E-state index contributed by atoms with van der Waals surface area (Å²) in [7, 11) is -3.58. The van der Waals surface area contributed by atoms with Crippen molar-refractivity contribution < 1.29 is 17.6 Å². The van der Waals surface area contributed by atoms with Crippen molar-refractivity contribution in [3.8, 4) is 0 Å². The SMILES string of the molecule is Nc1ccc(/C=C/C(=O)NCCC2C3CN(S(=O)(=O)c4ccc(F)cc4)CC23)cn1. The van der Waals surface area contributed by atoms with E-state index >= 15 is 0 Å². The molecule has 3 N–H and O–H groups in total. The van der Waals surface area contributed by atoms with Crippen molar-refractivity contribution in [3.63, 3.8) is 0 Å². The number of rotatable bonds is 7. The number of piperidine rings is 1. The Hall–Kier alpha value is -2.78. The molecule has 4 rings (SSSR count). The third kappa shape index (κ3) is 4.36. The van der Waals surface area contributed by atoms with Gasteiger partial charge in [-0.1, -0.05) is 0 Å². The summed E-state index contributed by atoms with van der Waals surface area (Å²) in [5.41, 5.74) is 6.31. The molecular formula is C21H23FN4O3S. The normalized spacial score (nSPS) is 23.4. The third-order valence-electron chi connectivity index (χ3n) is 5.80. The molecule has 2 atom stereocenters. The van der Waals surface area contributed by atoms with Crippen molar-refractivity contribution in [1.29, 1.82) is 0 Å². The molecule has 0 radical (unpaired) electrons. The van der Waals surface area contributed by atoms with Gasteiger partial charge in [-0.3, -0.25) is 4.79 Å². The molecule has 1 aromatic heterocycles. The number of fused-ring (bicyclic) bond motifs is 1. The minimum atomic E-state index is -3.58. The molecule has 1 saturated carbocycles. The molecule has 1 saturated heterocycles. The number of sulfonamides is 1. The van der Waals surface area contributed by atoms with E-state index in [1.54, 1.807) is 24.4 Å². The van der Waals surface area contributed by atoms with Crippen LogP contribution in [0.2, 0.25) is 0 Å². The Morgan fingerprint density at radius 3 is 2.53 bits per heavy atom. The van der Waals surface area contributed by atoms with Crippen LogP contribution in [0, 0.1) is 23.6 Å². The highest BCUT2D eigenvalue weighted by Crippen LogP contribution is 2.54. The molecule has 0 bridgehead atoms. The van der Waals surface area contributed by atoms with E-state index in [4.69, 9.17) is 5.73 Å². The van der Waals surface area contributed by atoms with Crippen molar-refractivity contribution in [2.45, 2.75) is 11.3 Å². The fraction of sp³-hybridized carbons (Fsp3) is 0.333. The van der Waals surface area contributed by atoms with Gasteiger partial charge in [-0.2, -0.15) is 4.31 Å². The number of benzene rings is 1. The maximum Gasteiger partial charge on any atom is 0.244 e. The van der Waals surface area contributed by atoms with Gasteiger partial charge in [0, 0.05) is 31.9 Å². The van der Waals surface area contributed by atoms with Crippen LogP contribution in [0.1, 0.15) is 12.0 Å². The van der Waals surface area contributed by atoms with E-state index in [1.807, 2.05) is 0 Å². The van der Waals surface area contributed by atoms with Crippen molar-refractivity contribution in [3.05, 3.63) is 60.1 Å². The van der Waals surface area contributed by atoms with E-state index in [2.05, 4.69) is 10.3 Å². The van der Waals surface area contributed by atoms with Crippen molar-refractivity contribution in [2.24, 2.45) is 17.8 Å². The zero-order valence-corrected chi connectivity index (χ0v) is 17.1. The molecule has 9 heteroatoms. The number of halogens is 1. The molecule has 1 amide bonds. The van der Waals surface area contributed by atoms with Gasteiger partial charge >= 0.3 is 0 Å². The third-order valence-corrected chi connectivity index (χ3v) is 7.65. The molecule has 1 aliphatic carbocycles. The molecule has 2 heterocycles. The number of nitrogen functional groups attached to an aromatic ring is 1. The largest absolute Gasteiger partial charge is 0.384 e. The van der Waals surface area contributed by atoms with Crippen LogP contribution in [0.15, 0.2) is 53.6 Å². The van der Waals surface area contributed by atoms with Gasteiger partial charge in [0.05, 0.1) is 4.90 Å². The Morgan fingerprint density at radius 1 is 1.20 bits per heavy atom. The second-order valence-electron chi connectivity index (χ2n) is 7.70. The average molecular weight is 431 g/mol. The Bertz CT molecular complexity index is 1040. The smallest absolute Gasteiger partial charge is 0.244 e. The molecule has 0 spiro atoms. The number of carbonyl (C=O) groups is 1. The summed E-state index contributed by atoms with van der Waals surface area (Å²) in [6.45, 7) is 1.51. The number of hydrogen-bond acceptors (Lipinski definition) is 5. The summed E-state index contributed by atoms with van der Waals surface area (Å²) < 4.78 is 39.8. The molecular weight excluding hydrogens is 407 g/mol. The second-order valence-corrected chi connectivity index (χ2v) is 9.63.